The van der Waals surface area contributed by atoms with Crippen molar-refractivity contribution in [2.75, 3.05) is 17.6 Å². The van der Waals surface area contributed by atoms with Gasteiger partial charge in [0, 0.05) is 23.1 Å². The van der Waals surface area contributed by atoms with Crippen molar-refractivity contribution in [3.05, 3.63) is 17.6 Å². The number of hydrogen-bond donors (Lipinski definition) is 1. The Morgan fingerprint density at radius 2 is 2.11 bits per heavy atom. The van der Waals surface area contributed by atoms with Crippen LogP contribution in [0, 0.1) is 0 Å². The van der Waals surface area contributed by atoms with Gasteiger partial charge in [-0.1, -0.05) is 6.42 Å². The Labute approximate surface area is 113 Å². The highest BCUT2D eigenvalue weighted by atomic mass is 32.2. The van der Waals surface area contributed by atoms with Gasteiger partial charge in [0.15, 0.2) is 0 Å². The maximum Gasteiger partial charge on any atom is 0.132 e. The number of nitrogens with zero attached hydrogens (tertiary/aromatic N) is 2. The number of hydrogen-bond acceptors (Lipinski definition) is 4. The average molecular weight is 263 g/mol. The fourth-order valence-corrected chi connectivity index (χ4v) is 4.07. The van der Waals surface area contributed by atoms with Crippen molar-refractivity contribution in [3.8, 4) is 0 Å². The van der Waals surface area contributed by atoms with Crippen molar-refractivity contribution in [2.24, 2.45) is 0 Å². The van der Waals surface area contributed by atoms with Crippen molar-refractivity contribution in [2.45, 2.75) is 50.2 Å². The molecule has 1 saturated heterocycles. The molecule has 1 atom stereocenters. The number of nitrogens with one attached hydrogen (secondary N) is 1. The van der Waals surface area contributed by atoms with Gasteiger partial charge in [0.25, 0.3) is 0 Å². The van der Waals surface area contributed by atoms with E-state index in [9.17, 15) is 0 Å². The highest BCUT2D eigenvalue weighted by Gasteiger charge is 2.18. The Morgan fingerprint density at radius 3 is 3.00 bits per heavy atom. The lowest BCUT2D eigenvalue weighted by molar-refractivity contribution is 0.708. The summed E-state index contributed by atoms with van der Waals surface area (Å²) in [6.45, 7) is 1.06. The largest absolute Gasteiger partial charge is 0.369 e. The number of rotatable bonds is 3. The van der Waals surface area contributed by atoms with Gasteiger partial charge < -0.3 is 5.32 Å². The zero-order valence-corrected chi connectivity index (χ0v) is 11.6. The first-order valence-electron chi connectivity index (χ1n) is 7.12. The van der Waals surface area contributed by atoms with Gasteiger partial charge in [0.1, 0.15) is 12.1 Å². The van der Waals surface area contributed by atoms with Gasteiger partial charge in [-0.05, 0) is 44.3 Å². The molecular formula is C14H21N3S. The molecule has 0 bridgehead atoms. The summed E-state index contributed by atoms with van der Waals surface area (Å²) in [4.78, 5) is 8.93. The standard InChI is InChI=1S/C14H21N3S/c1-2-6-12-13(7-3-1)16-10-17-14(12)15-9-11-5-4-8-18-11/h10-11H,1-9H2,(H,15,16,17). The van der Waals surface area contributed by atoms with E-state index in [4.69, 9.17) is 0 Å². The fourth-order valence-electron chi connectivity index (χ4n) is 2.87. The van der Waals surface area contributed by atoms with Crippen LogP contribution in [0.5, 0.6) is 0 Å². The van der Waals surface area contributed by atoms with Gasteiger partial charge in [-0.25, -0.2) is 9.97 Å². The zero-order valence-electron chi connectivity index (χ0n) is 10.8. The Kier molecular flexibility index (Phi) is 4.03. The van der Waals surface area contributed by atoms with Gasteiger partial charge in [-0.3, -0.25) is 0 Å². The summed E-state index contributed by atoms with van der Waals surface area (Å²) in [5, 5.41) is 4.35. The van der Waals surface area contributed by atoms with Crippen LogP contribution in [0.3, 0.4) is 0 Å². The van der Waals surface area contributed by atoms with Crippen LogP contribution in [-0.4, -0.2) is 27.5 Å². The quantitative estimate of drug-likeness (QED) is 0.851. The predicted octanol–water partition coefficient (Wildman–Crippen LogP) is 3.05. The molecule has 3 nitrogen and oxygen atoms in total. The predicted molar refractivity (Wildman–Crippen MR) is 77.3 cm³/mol. The second kappa shape index (κ2) is 5.91. The number of fused-ring (bicyclic) bond motifs is 1. The van der Waals surface area contributed by atoms with Crippen molar-refractivity contribution in [1.29, 1.82) is 0 Å². The summed E-state index contributed by atoms with van der Waals surface area (Å²) >= 11 is 2.10. The minimum atomic E-state index is 0.779. The molecule has 1 aliphatic carbocycles. The van der Waals surface area contributed by atoms with E-state index in [0.717, 1.165) is 30.5 Å². The molecule has 0 aromatic carbocycles. The van der Waals surface area contributed by atoms with Crippen LogP contribution in [0.1, 0.15) is 43.4 Å². The number of aromatic nitrogens is 2. The van der Waals surface area contributed by atoms with Gasteiger partial charge in [0.2, 0.25) is 0 Å². The molecule has 1 N–H and O–H groups in total. The zero-order chi connectivity index (χ0) is 12.2. The Bertz CT molecular complexity index is 402. The lowest BCUT2D eigenvalue weighted by Crippen LogP contribution is -2.16. The summed E-state index contributed by atoms with van der Waals surface area (Å²) in [6, 6.07) is 0. The van der Waals surface area contributed by atoms with Crippen LogP contribution < -0.4 is 5.32 Å². The molecule has 1 unspecified atom stereocenters. The second-order valence-corrected chi connectivity index (χ2v) is 6.63. The van der Waals surface area contributed by atoms with Crippen LogP contribution in [0.4, 0.5) is 5.82 Å². The lowest BCUT2D eigenvalue weighted by Gasteiger charge is -2.14. The highest BCUT2D eigenvalue weighted by molar-refractivity contribution is 8.00. The molecule has 3 rings (SSSR count). The van der Waals surface area contributed by atoms with Crippen LogP contribution >= 0.6 is 11.8 Å². The summed E-state index contributed by atoms with van der Waals surface area (Å²) < 4.78 is 0. The Hall–Kier alpha value is -0.770. The molecule has 0 amide bonds. The van der Waals surface area contributed by atoms with E-state index in [1.165, 1.54) is 49.1 Å². The summed E-state index contributed by atoms with van der Waals surface area (Å²) in [5.41, 5.74) is 2.67. The van der Waals surface area contributed by atoms with E-state index in [1.807, 2.05) is 0 Å². The molecule has 1 aromatic rings. The first-order valence-corrected chi connectivity index (χ1v) is 8.16. The molecule has 0 saturated carbocycles. The lowest BCUT2D eigenvalue weighted by atomic mass is 10.1. The average Bonchev–Trinajstić information content (AvgIpc) is 2.79. The fraction of sp³-hybridized carbons (Fsp3) is 0.714. The highest BCUT2D eigenvalue weighted by Crippen LogP contribution is 2.28. The summed E-state index contributed by atoms with van der Waals surface area (Å²) in [5.74, 6) is 2.43. The van der Waals surface area contributed by atoms with Gasteiger partial charge >= 0.3 is 0 Å². The molecule has 18 heavy (non-hydrogen) atoms. The normalized spacial score (nSPS) is 23.4. The van der Waals surface area contributed by atoms with Crippen LogP contribution in [0.2, 0.25) is 0 Å². The third kappa shape index (κ3) is 2.79. The molecule has 4 heteroatoms. The first-order chi connectivity index (χ1) is 8.93. The second-order valence-electron chi connectivity index (χ2n) is 5.22. The molecule has 0 spiro atoms. The SMILES string of the molecule is c1nc2c(c(NCC3CCCS3)n1)CCCCC2. The number of thioether (sulfide) groups is 1. The smallest absolute Gasteiger partial charge is 0.132 e. The monoisotopic (exact) mass is 263 g/mol. The molecule has 2 aliphatic rings. The van der Waals surface area contributed by atoms with E-state index in [1.54, 1.807) is 6.33 Å². The first kappa shape index (κ1) is 12.3. The van der Waals surface area contributed by atoms with Crippen molar-refractivity contribution >= 4 is 17.6 Å². The Balaban J connectivity index is 1.70. The van der Waals surface area contributed by atoms with E-state index in [0.29, 0.717) is 0 Å². The maximum atomic E-state index is 4.46. The molecule has 1 aliphatic heterocycles. The van der Waals surface area contributed by atoms with E-state index in [2.05, 4.69) is 27.0 Å². The number of anilines is 1. The molecule has 1 fully saturated rings. The molecule has 1 aromatic heterocycles. The maximum absolute atomic E-state index is 4.46. The minimum Gasteiger partial charge on any atom is -0.369 e. The van der Waals surface area contributed by atoms with Gasteiger partial charge in [-0.15, -0.1) is 0 Å². The van der Waals surface area contributed by atoms with Gasteiger partial charge in [-0.2, -0.15) is 11.8 Å². The third-order valence-electron chi connectivity index (χ3n) is 3.90. The van der Waals surface area contributed by atoms with Crippen molar-refractivity contribution in [1.82, 2.24) is 9.97 Å². The van der Waals surface area contributed by atoms with Crippen LogP contribution in [0.25, 0.3) is 0 Å². The number of aryl methyl sites for hydroxylation is 1. The van der Waals surface area contributed by atoms with Crippen molar-refractivity contribution < 1.29 is 0 Å². The minimum absolute atomic E-state index is 0.779. The molecule has 0 radical (unpaired) electrons. The molecule has 2 heterocycles. The summed E-state index contributed by atoms with van der Waals surface area (Å²) in [6.07, 6.45) is 10.6. The third-order valence-corrected chi connectivity index (χ3v) is 5.29. The van der Waals surface area contributed by atoms with E-state index < -0.39 is 0 Å². The van der Waals surface area contributed by atoms with E-state index in [-0.39, 0.29) is 0 Å². The van der Waals surface area contributed by atoms with Crippen LogP contribution in [-0.2, 0) is 12.8 Å². The van der Waals surface area contributed by atoms with E-state index >= 15 is 0 Å². The Morgan fingerprint density at radius 1 is 1.17 bits per heavy atom. The molecular weight excluding hydrogens is 242 g/mol. The van der Waals surface area contributed by atoms with Crippen LogP contribution in [0.15, 0.2) is 6.33 Å². The molecule has 98 valence electrons. The van der Waals surface area contributed by atoms with Crippen molar-refractivity contribution in [3.63, 3.8) is 0 Å². The topological polar surface area (TPSA) is 37.8 Å². The summed E-state index contributed by atoms with van der Waals surface area (Å²) in [7, 11) is 0. The van der Waals surface area contributed by atoms with Gasteiger partial charge in [0.05, 0.1) is 0 Å².